The first-order valence-electron chi connectivity index (χ1n) is 7.31. The second-order valence-electron chi connectivity index (χ2n) is 6.43. The number of halogens is 1. The Hall–Kier alpha value is -2.16. The van der Waals surface area contributed by atoms with Crippen molar-refractivity contribution in [2.24, 2.45) is 0 Å². The summed E-state index contributed by atoms with van der Waals surface area (Å²) < 4.78 is 14.3. The first-order chi connectivity index (χ1) is 10.8. The van der Waals surface area contributed by atoms with E-state index in [1.165, 1.54) is 23.5 Å². The summed E-state index contributed by atoms with van der Waals surface area (Å²) in [6.45, 7) is 6.59. The summed E-state index contributed by atoms with van der Waals surface area (Å²) in [6.07, 6.45) is 0. The Morgan fingerprint density at radius 2 is 1.91 bits per heavy atom. The molecule has 23 heavy (non-hydrogen) atoms. The van der Waals surface area contributed by atoms with Crippen LogP contribution in [0.4, 0.5) is 10.1 Å². The summed E-state index contributed by atoms with van der Waals surface area (Å²) >= 11 is 1.54. The topological polar surface area (TPSA) is 38.9 Å². The van der Waals surface area contributed by atoms with Crippen molar-refractivity contribution in [1.29, 1.82) is 0 Å². The lowest BCUT2D eigenvalue weighted by Gasteiger charge is -2.05. The van der Waals surface area contributed by atoms with Crippen LogP contribution in [-0.2, 0) is 0 Å². The molecule has 0 unspecified atom stereocenters. The lowest BCUT2D eigenvalue weighted by atomic mass is 10.1. The van der Waals surface area contributed by atoms with Gasteiger partial charge in [-0.25, -0.2) is 9.37 Å². The molecule has 5 heteroatoms. The minimum atomic E-state index is -1.46. The van der Waals surface area contributed by atoms with Crippen LogP contribution in [-0.4, -0.2) is 13.1 Å². The van der Waals surface area contributed by atoms with E-state index in [1.807, 2.05) is 18.2 Å². The number of anilines is 1. The second-order valence-corrected chi connectivity index (χ2v) is 12.2. The summed E-state index contributed by atoms with van der Waals surface area (Å²) in [7, 11) is -1.46. The van der Waals surface area contributed by atoms with E-state index in [9.17, 15) is 4.39 Å². The number of nitrogens with two attached hydrogens (primary N) is 1. The van der Waals surface area contributed by atoms with Crippen LogP contribution in [0.25, 0.3) is 20.8 Å². The quantitative estimate of drug-likeness (QED) is 0.388. The molecule has 0 amide bonds. The molecular weight excluding hydrogens is 323 g/mol. The molecule has 1 aromatic heterocycles. The Balaban J connectivity index is 2.06. The van der Waals surface area contributed by atoms with Gasteiger partial charge in [-0.2, -0.15) is 0 Å². The standard InChI is InChI=1S/C18H17FN2SSi/c1-23(2,3)9-8-12-10-13(4-6-15(12)20)18-21-16-11-14(19)5-7-17(16)22-18/h4-7,10-11H,20H2,1-3H3. The molecule has 3 rings (SSSR count). The summed E-state index contributed by atoms with van der Waals surface area (Å²) in [5.41, 5.74) is 12.5. The third kappa shape index (κ3) is 3.61. The van der Waals surface area contributed by atoms with Gasteiger partial charge in [-0.3, -0.25) is 0 Å². The number of rotatable bonds is 1. The van der Waals surface area contributed by atoms with E-state index in [4.69, 9.17) is 5.73 Å². The van der Waals surface area contributed by atoms with E-state index in [2.05, 4.69) is 36.1 Å². The molecule has 116 valence electrons. The van der Waals surface area contributed by atoms with E-state index in [1.54, 1.807) is 6.07 Å². The average molecular weight is 340 g/mol. The van der Waals surface area contributed by atoms with Crippen molar-refractivity contribution >= 4 is 35.3 Å². The minimum Gasteiger partial charge on any atom is -0.398 e. The van der Waals surface area contributed by atoms with Gasteiger partial charge in [-0.05, 0) is 30.3 Å². The molecule has 2 aromatic carbocycles. The molecule has 0 aliphatic heterocycles. The summed E-state index contributed by atoms with van der Waals surface area (Å²) in [6, 6.07) is 10.4. The van der Waals surface area contributed by atoms with Gasteiger partial charge < -0.3 is 5.73 Å². The van der Waals surface area contributed by atoms with Gasteiger partial charge in [-0.1, -0.05) is 25.6 Å². The van der Waals surface area contributed by atoms with Crippen LogP contribution in [0.1, 0.15) is 5.56 Å². The predicted molar refractivity (Wildman–Crippen MR) is 99.7 cm³/mol. The third-order valence-electron chi connectivity index (χ3n) is 3.22. The average Bonchev–Trinajstić information content (AvgIpc) is 2.88. The number of thiazole rings is 1. The summed E-state index contributed by atoms with van der Waals surface area (Å²) in [5.74, 6) is 2.94. The maximum Gasteiger partial charge on any atom is 0.129 e. The number of fused-ring (bicyclic) bond motifs is 1. The molecule has 0 bridgehead atoms. The maximum absolute atomic E-state index is 13.3. The van der Waals surface area contributed by atoms with Gasteiger partial charge in [-0.15, -0.1) is 16.9 Å². The molecule has 0 spiro atoms. The molecule has 2 nitrogen and oxygen atoms in total. The van der Waals surface area contributed by atoms with Gasteiger partial charge >= 0.3 is 0 Å². The molecule has 0 atom stereocenters. The van der Waals surface area contributed by atoms with Gasteiger partial charge in [0.05, 0.1) is 10.2 Å². The van der Waals surface area contributed by atoms with Crippen molar-refractivity contribution in [3.63, 3.8) is 0 Å². The highest BCUT2D eigenvalue weighted by molar-refractivity contribution is 7.21. The fourth-order valence-corrected chi connectivity index (χ4v) is 3.53. The minimum absolute atomic E-state index is 0.270. The van der Waals surface area contributed by atoms with Crippen LogP contribution in [0.2, 0.25) is 19.6 Å². The number of aromatic nitrogens is 1. The molecule has 2 N–H and O–H groups in total. The second kappa shape index (κ2) is 5.80. The van der Waals surface area contributed by atoms with Crippen LogP contribution in [0, 0.1) is 17.3 Å². The number of nitrogen functional groups attached to an aromatic ring is 1. The number of hydrogen-bond acceptors (Lipinski definition) is 3. The van der Waals surface area contributed by atoms with Crippen molar-refractivity contribution in [3.8, 4) is 22.0 Å². The molecule has 3 aromatic rings. The fraction of sp³-hybridized carbons (Fsp3) is 0.167. The lowest BCUT2D eigenvalue weighted by Crippen LogP contribution is -2.16. The van der Waals surface area contributed by atoms with E-state index < -0.39 is 8.07 Å². The van der Waals surface area contributed by atoms with Crippen molar-refractivity contribution < 1.29 is 4.39 Å². The highest BCUT2D eigenvalue weighted by atomic mass is 32.1. The van der Waals surface area contributed by atoms with Crippen molar-refractivity contribution in [3.05, 3.63) is 47.8 Å². The SMILES string of the molecule is C[Si](C)(C)C#Cc1cc(-c2nc3cc(F)ccc3s2)ccc1N. The van der Waals surface area contributed by atoms with Crippen molar-refractivity contribution in [1.82, 2.24) is 4.98 Å². The highest BCUT2D eigenvalue weighted by Crippen LogP contribution is 2.31. The summed E-state index contributed by atoms with van der Waals surface area (Å²) in [4.78, 5) is 4.52. The number of nitrogens with zero attached hydrogens (tertiary/aromatic N) is 1. The van der Waals surface area contributed by atoms with Crippen molar-refractivity contribution in [2.45, 2.75) is 19.6 Å². The Bertz CT molecular complexity index is 945. The molecule has 0 aliphatic rings. The molecule has 1 heterocycles. The predicted octanol–water partition coefficient (Wildman–Crippen LogP) is 4.91. The number of benzene rings is 2. The lowest BCUT2D eigenvalue weighted by molar-refractivity contribution is 0.629. The van der Waals surface area contributed by atoms with Crippen LogP contribution in [0.3, 0.4) is 0 Å². The molecule has 0 aliphatic carbocycles. The monoisotopic (exact) mass is 340 g/mol. The fourth-order valence-electron chi connectivity index (χ4n) is 2.08. The van der Waals surface area contributed by atoms with E-state index in [0.29, 0.717) is 11.2 Å². The van der Waals surface area contributed by atoms with Crippen LogP contribution in [0.5, 0.6) is 0 Å². The Labute approximate surface area is 140 Å². The smallest absolute Gasteiger partial charge is 0.129 e. The van der Waals surface area contributed by atoms with Gasteiger partial charge in [0.1, 0.15) is 18.9 Å². The summed E-state index contributed by atoms with van der Waals surface area (Å²) in [5, 5.41) is 0.849. The van der Waals surface area contributed by atoms with Gasteiger partial charge in [0.25, 0.3) is 0 Å². The van der Waals surface area contributed by atoms with Crippen LogP contribution < -0.4 is 5.73 Å². The maximum atomic E-state index is 13.3. The van der Waals surface area contributed by atoms with Gasteiger partial charge in [0.15, 0.2) is 0 Å². The zero-order chi connectivity index (χ0) is 16.6. The zero-order valence-corrected chi connectivity index (χ0v) is 15.1. The van der Waals surface area contributed by atoms with Gasteiger partial charge in [0, 0.05) is 22.9 Å². The molecule has 0 radical (unpaired) electrons. The largest absolute Gasteiger partial charge is 0.398 e. The highest BCUT2D eigenvalue weighted by Gasteiger charge is 2.10. The van der Waals surface area contributed by atoms with E-state index in [-0.39, 0.29) is 5.82 Å². The third-order valence-corrected chi connectivity index (χ3v) is 5.18. The molecule has 0 fully saturated rings. The van der Waals surface area contributed by atoms with Crippen LogP contribution >= 0.6 is 11.3 Å². The molecular formula is C18H17FN2SSi. The van der Waals surface area contributed by atoms with E-state index in [0.717, 1.165) is 20.8 Å². The first-order valence-corrected chi connectivity index (χ1v) is 11.6. The van der Waals surface area contributed by atoms with E-state index >= 15 is 0 Å². The first kappa shape index (κ1) is 15.7. The molecule has 0 saturated carbocycles. The normalized spacial score (nSPS) is 11.3. The Morgan fingerprint density at radius 1 is 1.13 bits per heavy atom. The zero-order valence-electron chi connectivity index (χ0n) is 13.3. The van der Waals surface area contributed by atoms with Crippen molar-refractivity contribution in [2.75, 3.05) is 5.73 Å². The Morgan fingerprint density at radius 3 is 2.65 bits per heavy atom. The number of hydrogen-bond donors (Lipinski definition) is 1. The Kier molecular flexibility index (Phi) is 3.96. The van der Waals surface area contributed by atoms with Crippen LogP contribution in [0.15, 0.2) is 36.4 Å². The molecule has 0 saturated heterocycles. The van der Waals surface area contributed by atoms with Gasteiger partial charge in [0.2, 0.25) is 0 Å².